The van der Waals surface area contributed by atoms with Crippen LogP contribution in [-0.2, 0) is 4.79 Å². The smallest absolute Gasteiger partial charge is 0.143 e. The van der Waals surface area contributed by atoms with Gasteiger partial charge in [0.05, 0.1) is 0 Å². The second-order valence-corrected chi connectivity index (χ2v) is 6.15. The number of para-hydroxylation sites is 1. The molecule has 1 unspecified atom stereocenters. The van der Waals surface area contributed by atoms with Crippen molar-refractivity contribution in [3.8, 4) is 0 Å². The number of Topliss-reactive ketones (excluding diaryl/α,β-unsaturated/α-hetero) is 1. The van der Waals surface area contributed by atoms with Crippen molar-refractivity contribution in [2.45, 2.75) is 33.6 Å². The molecule has 0 aromatic heterocycles. The fraction of sp³-hybridized carbons (Fsp3) is 0.562. The van der Waals surface area contributed by atoms with Crippen LogP contribution in [0.15, 0.2) is 24.3 Å². The average molecular weight is 245 g/mol. The highest BCUT2D eigenvalue weighted by Gasteiger charge is 2.40. The van der Waals surface area contributed by atoms with Crippen LogP contribution in [0, 0.1) is 18.3 Å². The van der Waals surface area contributed by atoms with E-state index in [2.05, 4.69) is 57.0 Å². The standard InChI is InChI=1S/C16H23NO/c1-12-7-5-6-8-14(12)17(4)11-13-9-10-16(2,3)15(13)18/h5-8,13H,9-11H2,1-4H3. The quantitative estimate of drug-likeness (QED) is 0.813. The molecule has 1 aliphatic rings. The monoisotopic (exact) mass is 245 g/mol. The largest absolute Gasteiger partial charge is 0.374 e. The number of carbonyl (C=O) groups excluding carboxylic acids is 1. The summed E-state index contributed by atoms with van der Waals surface area (Å²) in [4.78, 5) is 14.5. The van der Waals surface area contributed by atoms with E-state index in [4.69, 9.17) is 0 Å². The van der Waals surface area contributed by atoms with Gasteiger partial charge < -0.3 is 4.90 Å². The molecule has 0 radical (unpaired) electrons. The molecule has 18 heavy (non-hydrogen) atoms. The normalized spacial score (nSPS) is 22.2. The average Bonchev–Trinajstić information content (AvgIpc) is 2.57. The summed E-state index contributed by atoms with van der Waals surface area (Å²) in [6, 6.07) is 8.35. The van der Waals surface area contributed by atoms with E-state index >= 15 is 0 Å². The Morgan fingerprint density at radius 3 is 2.56 bits per heavy atom. The first-order chi connectivity index (χ1) is 8.42. The van der Waals surface area contributed by atoms with E-state index < -0.39 is 0 Å². The molecule has 1 aliphatic carbocycles. The molecule has 0 bridgehead atoms. The molecule has 0 amide bonds. The zero-order chi connectivity index (χ0) is 13.3. The fourth-order valence-corrected chi connectivity index (χ4v) is 2.94. The lowest BCUT2D eigenvalue weighted by Crippen LogP contribution is -2.31. The lowest BCUT2D eigenvalue weighted by molar-refractivity contribution is -0.127. The van der Waals surface area contributed by atoms with Gasteiger partial charge in [-0.1, -0.05) is 32.0 Å². The van der Waals surface area contributed by atoms with Gasteiger partial charge in [-0.2, -0.15) is 0 Å². The van der Waals surface area contributed by atoms with Crippen LogP contribution in [0.5, 0.6) is 0 Å². The van der Waals surface area contributed by atoms with Gasteiger partial charge in [-0.3, -0.25) is 4.79 Å². The van der Waals surface area contributed by atoms with Gasteiger partial charge in [-0.05, 0) is 31.4 Å². The maximum Gasteiger partial charge on any atom is 0.143 e. The summed E-state index contributed by atoms with van der Waals surface area (Å²) in [5, 5.41) is 0. The number of ketones is 1. The first-order valence-electron chi connectivity index (χ1n) is 6.73. The van der Waals surface area contributed by atoms with Gasteiger partial charge in [0.25, 0.3) is 0 Å². The van der Waals surface area contributed by atoms with Crippen molar-refractivity contribution in [3.63, 3.8) is 0 Å². The SMILES string of the molecule is Cc1ccccc1N(C)CC1CCC(C)(C)C1=O. The van der Waals surface area contributed by atoms with Gasteiger partial charge in [-0.15, -0.1) is 0 Å². The van der Waals surface area contributed by atoms with Gasteiger partial charge in [0.1, 0.15) is 5.78 Å². The van der Waals surface area contributed by atoms with Crippen molar-refractivity contribution in [1.29, 1.82) is 0 Å². The van der Waals surface area contributed by atoms with Crippen molar-refractivity contribution in [1.82, 2.24) is 0 Å². The summed E-state index contributed by atoms with van der Waals surface area (Å²) in [7, 11) is 2.08. The Kier molecular flexibility index (Phi) is 3.47. The molecule has 98 valence electrons. The third-order valence-electron chi connectivity index (χ3n) is 4.18. The summed E-state index contributed by atoms with van der Waals surface area (Å²) >= 11 is 0. The second kappa shape index (κ2) is 4.75. The van der Waals surface area contributed by atoms with E-state index in [-0.39, 0.29) is 11.3 Å². The van der Waals surface area contributed by atoms with Crippen LogP contribution >= 0.6 is 0 Å². The minimum Gasteiger partial charge on any atom is -0.374 e. The predicted molar refractivity (Wildman–Crippen MR) is 76.0 cm³/mol. The summed E-state index contributed by atoms with van der Waals surface area (Å²) < 4.78 is 0. The van der Waals surface area contributed by atoms with Crippen LogP contribution in [0.1, 0.15) is 32.3 Å². The number of benzene rings is 1. The Hall–Kier alpha value is -1.31. The highest BCUT2D eigenvalue weighted by molar-refractivity contribution is 5.88. The lowest BCUT2D eigenvalue weighted by Gasteiger charge is -2.25. The summed E-state index contributed by atoms with van der Waals surface area (Å²) in [6.45, 7) is 7.10. The molecule has 0 aliphatic heterocycles. The first-order valence-corrected chi connectivity index (χ1v) is 6.73. The zero-order valence-electron chi connectivity index (χ0n) is 11.9. The molecule has 0 heterocycles. The van der Waals surface area contributed by atoms with Gasteiger partial charge in [0.15, 0.2) is 0 Å². The van der Waals surface area contributed by atoms with E-state index in [9.17, 15) is 4.79 Å². The molecule has 2 nitrogen and oxygen atoms in total. The molecule has 1 aromatic carbocycles. The third kappa shape index (κ3) is 2.43. The highest BCUT2D eigenvalue weighted by Crippen LogP contribution is 2.38. The molecule has 2 heteroatoms. The molecule has 1 atom stereocenters. The van der Waals surface area contributed by atoms with Crippen LogP contribution in [-0.4, -0.2) is 19.4 Å². The van der Waals surface area contributed by atoms with Crippen LogP contribution in [0.2, 0.25) is 0 Å². The van der Waals surface area contributed by atoms with Crippen molar-refractivity contribution < 1.29 is 4.79 Å². The molecule has 0 spiro atoms. The number of rotatable bonds is 3. The predicted octanol–water partition coefficient (Wildman–Crippen LogP) is 3.44. The Bertz CT molecular complexity index is 450. The van der Waals surface area contributed by atoms with E-state index in [1.807, 2.05) is 0 Å². The molecule has 0 N–H and O–H groups in total. The first kappa shape index (κ1) is 13.1. The Labute approximate surface area is 110 Å². The third-order valence-corrected chi connectivity index (χ3v) is 4.18. The Morgan fingerprint density at radius 2 is 2.00 bits per heavy atom. The number of anilines is 1. The minimum absolute atomic E-state index is 0.114. The summed E-state index contributed by atoms with van der Waals surface area (Å²) in [5.41, 5.74) is 2.39. The maximum atomic E-state index is 12.3. The van der Waals surface area contributed by atoms with Crippen molar-refractivity contribution >= 4 is 11.5 Å². The van der Waals surface area contributed by atoms with E-state index in [1.54, 1.807) is 0 Å². The lowest BCUT2D eigenvalue weighted by atomic mass is 9.89. The fourth-order valence-electron chi connectivity index (χ4n) is 2.94. The van der Waals surface area contributed by atoms with Crippen molar-refractivity contribution in [3.05, 3.63) is 29.8 Å². The minimum atomic E-state index is -0.114. The van der Waals surface area contributed by atoms with Crippen LogP contribution < -0.4 is 4.90 Å². The van der Waals surface area contributed by atoms with Gasteiger partial charge in [0.2, 0.25) is 0 Å². The maximum absolute atomic E-state index is 12.3. The number of aryl methyl sites for hydroxylation is 1. The number of carbonyl (C=O) groups is 1. The second-order valence-electron chi connectivity index (χ2n) is 6.15. The molecule has 1 aromatic rings. The summed E-state index contributed by atoms with van der Waals surface area (Å²) in [6.07, 6.45) is 2.06. The molecular formula is C16H23NO. The number of hydrogen-bond donors (Lipinski definition) is 0. The molecule has 1 saturated carbocycles. The van der Waals surface area contributed by atoms with Gasteiger partial charge in [0, 0.05) is 30.6 Å². The molecule has 1 fully saturated rings. The molecule has 2 rings (SSSR count). The Morgan fingerprint density at radius 1 is 1.33 bits per heavy atom. The van der Waals surface area contributed by atoms with Crippen LogP contribution in [0.4, 0.5) is 5.69 Å². The van der Waals surface area contributed by atoms with Gasteiger partial charge in [-0.25, -0.2) is 0 Å². The Balaban J connectivity index is 2.07. The van der Waals surface area contributed by atoms with Crippen LogP contribution in [0.3, 0.4) is 0 Å². The highest BCUT2D eigenvalue weighted by atomic mass is 16.1. The van der Waals surface area contributed by atoms with E-state index in [0.717, 1.165) is 19.4 Å². The van der Waals surface area contributed by atoms with E-state index in [1.165, 1.54) is 11.3 Å². The van der Waals surface area contributed by atoms with E-state index in [0.29, 0.717) is 5.78 Å². The zero-order valence-corrected chi connectivity index (χ0v) is 11.9. The van der Waals surface area contributed by atoms with Crippen LogP contribution in [0.25, 0.3) is 0 Å². The number of hydrogen-bond acceptors (Lipinski definition) is 2. The summed E-state index contributed by atoms with van der Waals surface area (Å²) in [5.74, 6) is 0.632. The molecular weight excluding hydrogens is 222 g/mol. The number of nitrogens with zero attached hydrogens (tertiary/aromatic N) is 1. The van der Waals surface area contributed by atoms with Crippen molar-refractivity contribution in [2.75, 3.05) is 18.5 Å². The topological polar surface area (TPSA) is 20.3 Å². The van der Waals surface area contributed by atoms with Gasteiger partial charge >= 0.3 is 0 Å². The molecule has 0 saturated heterocycles. The van der Waals surface area contributed by atoms with Crippen molar-refractivity contribution in [2.24, 2.45) is 11.3 Å².